The minimum absolute atomic E-state index is 0.0116. The molecule has 0 N–H and O–H groups in total. The fourth-order valence-corrected chi connectivity index (χ4v) is 2.30. The first-order chi connectivity index (χ1) is 8.09. The van der Waals surface area contributed by atoms with Crippen molar-refractivity contribution in [1.29, 1.82) is 0 Å². The number of amides is 1. The Morgan fingerprint density at radius 2 is 1.88 bits per heavy atom. The van der Waals surface area contributed by atoms with Crippen molar-refractivity contribution in [3.8, 4) is 0 Å². The molecule has 0 aromatic heterocycles. The van der Waals surface area contributed by atoms with E-state index in [1.54, 1.807) is 0 Å². The molecule has 2 rings (SSSR count). The SMILES string of the molecule is C[C@H]1CN(Cc2ccccc2)C(=O)[C@H](C)N1C. The van der Waals surface area contributed by atoms with Crippen LogP contribution < -0.4 is 0 Å². The second kappa shape index (κ2) is 4.88. The zero-order valence-electron chi connectivity index (χ0n) is 10.8. The van der Waals surface area contributed by atoms with Crippen molar-refractivity contribution in [2.45, 2.75) is 32.5 Å². The van der Waals surface area contributed by atoms with Crippen LogP contribution in [0.4, 0.5) is 0 Å². The molecule has 1 amide bonds. The molecule has 1 aliphatic rings. The second-order valence-corrected chi connectivity index (χ2v) is 4.89. The molecule has 92 valence electrons. The molecule has 0 aliphatic carbocycles. The average molecular weight is 232 g/mol. The largest absolute Gasteiger partial charge is 0.335 e. The van der Waals surface area contributed by atoms with Crippen molar-refractivity contribution in [2.24, 2.45) is 0 Å². The van der Waals surface area contributed by atoms with Gasteiger partial charge in [-0.15, -0.1) is 0 Å². The van der Waals surface area contributed by atoms with E-state index in [4.69, 9.17) is 0 Å². The molecule has 1 aromatic carbocycles. The fourth-order valence-electron chi connectivity index (χ4n) is 2.30. The topological polar surface area (TPSA) is 23.6 Å². The van der Waals surface area contributed by atoms with Crippen LogP contribution in [-0.2, 0) is 11.3 Å². The Bertz CT molecular complexity index is 390. The van der Waals surface area contributed by atoms with Crippen molar-refractivity contribution >= 4 is 5.91 Å². The summed E-state index contributed by atoms with van der Waals surface area (Å²) in [4.78, 5) is 16.3. The Morgan fingerprint density at radius 1 is 1.24 bits per heavy atom. The van der Waals surface area contributed by atoms with Crippen LogP contribution in [0.25, 0.3) is 0 Å². The van der Waals surface area contributed by atoms with Gasteiger partial charge in [-0.25, -0.2) is 0 Å². The normalized spacial score (nSPS) is 26.3. The first kappa shape index (κ1) is 12.1. The van der Waals surface area contributed by atoms with Crippen molar-refractivity contribution in [3.05, 3.63) is 35.9 Å². The number of carbonyl (C=O) groups is 1. The van der Waals surface area contributed by atoms with E-state index in [9.17, 15) is 4.79 Å². The molecule has 1 fully saturated rings. The summed E-state index contributed by atoms with van der Waals surface area (Å²) in [6, 6.07) is 10.6. The highest BCUT2D eigenvalue weighted by molar-refractivity contribution is 5.82. The molecule has 0 unspecified atom stereocenters. The van der Waals surface area contributed by atoms with Gasteiger partial charge in [0, 0.05) is 19.1 Å². The Kier molecular flexibility index (Phi) is 3.48. The number of likely N-dealkylation sites (N-methyl/N-ethyl adjacent to an activating group) is 1. The maximum atomic E-state index is 12.2. The van der Waals surface area contributed by atoms with E-state index in [0.29, 0.717) is 6.04 Å². The summed E-state index contributed by atoms with van der Waals surface area (Å²) in [6.07, 6.45) is 0. The van der Waals surface area contributed by atoms with E-state index in [1.165, 1.54) is 5.56 Å². The third-order valence-electron chi connectivity index (χ3n) is 3.68. The third kappa shape index (κ3) is 2.50. The predicted molar refractivity (Wildman–Crippen MR) is 68.5 cm³/mol. The number of benzene rings is 1. The van der Waals surface area contributed by atoms with Crippen molar-refractivity contribution in [1.82, 2.24) is 9.80 Å². The van der Waals surface area contributed by atoms with Crippen LogP contribution in [0.1, 0.15) is 19.4 Å². The molecule has 1 aliphatic heterocycles. The Labute approximate surface area is 103 Å². The quantitative estimate of drug-likeness (QED) is 0.775. The minimum Gasteiger partial charge on any atom is -0.335 e. The second-order valence-electron chi connectivity index (χ2n) is 4.89. The highest BCUT2D eigenvalue weighted by Crippen LogP contribution is 2.17. The summed E-state index contributed by atoms with van der Waals surface area (Å²) >= 11 is 0. The smallest absolute Gasteiger partial charge is 0.239 e. The van der Waals surface area contributed by atoms with E-state index in [-0.39, 0.29) is 11.9 Å². The van der Waals surface area contributed by atoms with Crippen LogP contribution in [0.2, 0.25) is 0 Å². The van der Waals surface area contributed by atoms with Gasteiger partial charge in [0.1, 0.15) is 0 Å². The molecule has 1 aromatic rings. The average Bonchev–Trinajstić information content (AvgIpc) is 2.35. The molecule has 3 nitrogen and oxygen atoms in total. The molecular formula is C14H20N2O. The summed E-state index contributed by atoms with van der Waals surface area (Å²) in [5.41, 5.74) is 1.20. The van der Waals surface area contributed by atoms with Crippen molar-refractivity contribution in [2.75, 3.05) is 13.6 Å². The lowest BCUT2D eigenvalue weighted by atomic mass is 10.1. The van der Waals surface area contributed by atoms with Crippen molar-refractivity contribution < 1.29 is 4.79 Å². The maximum Gasteiger partial charge on any atom is 0.239 e. The molecule has 17 heavy (non-hydrogen) atoms. The Hall–Kier alpha value is -1.35. The third-order valence-corrected chi connectivity index (χ3v) is 3.68. The summed E-state index contributed by atoms with van der Waals surface area (Å²) in [7, 11) is 2.02. The van der Waals surface area contributed by atoms with Crippen LogP contribution >= 0.6 is 0 Å². The number of carbonyl (C=O) groups excluding carboxylic acids is 1. The van der Waals surface area contributed by atoms with E-state index < -0.39 is 0 Å². The van der Waals surface area contributed by atoms with Crippen LogP contribution in [0.5, 0.6) is 0 Å². The lowest BCUT2D eigenvalue weighted by molar-refractivity contribution is -0.143. The van der Waals surface area contributed by atoms with E-state index in [0.717, 1.165) is 13.1 Å². The number of rotatable bonds is 2. The van der Waals surface area contributed by atoms with E-state index in [1.807, 2.05) is 37.1 Å². The van der Waals surface area contributed by atoms with Gasteiger partial charge in [-0.1, -0.05) is 30.3 Å². The van der Waals surface area contributed by atoms with Crippen LogP contribution in [0.3, 0.4) is 0 Å². The van der Waals surface area contributed by atoms with Gasteiger partial charge in [0.2, 0.25) is 5.91 Å². The van der Waals surface area contributed by atoms with E-state index in [2.05, 4.69) is 24.0 Å². The highest BCUT2D eigenvalue weighted by atomic mass is 16.2. The first-order valence-electron chi connectivity index (χ1n) is 6.14. The standard InChI is InChI=1S/C14H20N2O/c1-11-9-16(14(17)12(2)15(11)3)10-13-7-5-4-6-8-13/h4-8,11-12H,9-10H2,1-3H3/t11-,12-/m0/s1. The predicted octanol–water partition coefficient (Wildman–Crippen LogP) is 1.74. The molecular weight excluding hydrogens is 212 g/mol. The molecule has 0 radical (unpaired) electrons. The van der Waals surface area contributed by atoms with E-state index >= 15 is 0 Å². The number of piperazine rings is 1. The van der Waals surface area contributed by atoms with Crippen molar-refractivity contribution in [3.63, 3.8) is 0 Å². The zero-order chi connectivity index (χ0) is 12.4. The first-order valence-corrected chi connectivity index (χ1v) is 6.14. The molecule has 1 saturated heterocycles. The monoisotopic (exact) mass is 232 g/mol. The zero-order valence-corrected chi connectivity index (χ0v) is 10.8. The lowest BCUT2D eigenvalue weighted by Gasteiger charge is -2.41. The van der Waals surface area contributed by atoms with Crippen LogP contribution in [-0.4, -0.2) is 41.4 Å². The van der Waals surface area contributed by atoms with Gasteiger partial charge in [0.05, 0.1) is 6.04 Å². The van der Waals surface area contributed by atoms with Crippen LogP contribution in [0.15, 0.2) is 30.3 Å². The van der Waals surface area contributed by atoms with Gasteiger partial charge < -0.3 is 4.90 Å². The lowest BCUT2D eigenvalue weighted by Crippen LogP contribution is -2.58. The Balaban J connectivity index is 2.09. The number of nitrogens with zero attached hydrogens (tertiary/aromatic N) is 2. The number of hydrogen-bond donors (Lipinski definition) is 0. The van der Waals surface area contributed by atoms with Gasteiger partial charge in [0.15, 0.2) is 0 Å². The number of hydrogen-bond acceptors (Lipinski definition) is 2. The van der Waals surface area contributed by atoms with Gasteiger partial charge in [-0.3, -0.25) is 9.69 Å². The molecule has 0 spiro atoms. The summed E-state index contributed by atoms with van der Waals surface area (Å²) in [5, 5.41) is 0. The molecule has 0 bridgehead atoms. The summed E-state index contributed by atoms with van der Waals surface area (Å²) in [5.74, 6) is 0.231. The Morgan fingerprint density at radius 3 is 2.53 bits per heavy atom. The van der Waals surface area contributed by atoms with Gasteiger partial charge in [-0.2, -0.15) is 0 Å². The fraction of sp³-hybridized carbons (Fsp3) is 0.500. The van der Waals surface area contributed by atoms with Gasteiger partial charge in [-0.05, 0) is 26.5 Å². The van der Waals surface area contributed by atoms with Gasteiger partial charge >= 0.3 is 0 Å². The summed E-state index contributed by atoms with van der Waals surface area (Å²) < 4.78 is 0. The molecule has 2 atom stereocenters. The van der Waals surface area contributed by atoms with Gasteiger partial charge in [0.25, 0.3) is 0 Å². The molecule has 1 heterocycles. The minimum atomic E-state index is -0.0116. The summed E-state index contributed by atoms with van der Waals surface area (Å²) in [6.45, 7) is 5.69. The highest BCUT2D eigenvalue weighted by Gasteiger charge is 2.33. The molecule has 3 heteroatoms. The maximum absolute atomic E-state index is 12.2. The molecule has 0 saturated carbocycles. The van der Waals surface area contributed by atoms with Crippen LogP contribution in [0, 0.1) is 0 Å².